The first kappa shape index (κ1) is 12.7. The van der Waals surface area contributed by atoms with Crippen LogP contribution in [0.5, 0.6) is 0 Å². The maximum atomic E-state index is 8.00. The molecule has 0 amide bonds. The van der Waals surface area contributed by atoms with Gasteiger partial charge in [-0.2, -0.15) is 4.21 Å². The van der Waals surface area contributed by atoms with E-state index in [0.29, 0.717) is 0 Å². The first-order valence-electron chi connectivity index (χ1n) is 2.72. The van der Waals surface area contributed by atoms with Crippen LogP contribution in [0.2, 0.25) is 0 Å². The minimum absolute atomic E-state index is 1.32. The van der Waals surface area contributed by atoms with Crippen molar-refractivity contribution in [2.24, 2.45) is 0 Å². The van der Waals surface area contributed by atoms with Crippen molar-refractivity contribution in [3.05, 3.63) is 35.9 Å². The summed E-state index contributed by atoms with van der Waals surface area (Å²) in [4.78, 5) is 0. The van der Waals surface area contributed by atoms with E-state index in [1.54, 1.807) is 0 Å². The molecule has 0 spiro atoms. The summed E-state index contributed by atoms with van der Waals surface area (Å²) in [6, 6.07) is 10.3. The Labute approximate surface area is 69.4 Å². The van der Waals surface area contributed by atoms with Crippen LogP contribution < -0.4 is 0 Å². The normalized spacial score (nSPS) is 6.45. The maximum absolute atomic E-state index is 8.00. The molecule has 0 heterocycles. The molecule has 4 heteroatoms. The third-order valence-corrected chi connectivity index (χ3v) is 0.940. The van der Waals surface area contributed by atoms with Crippen molar-refractivity contribution in [2.45, 2.75) is 6.92 Å². The Morgan fingerprint density at radius 1 is 1.09 bits per heavy atom. The van der Waals surface area contributed by atoms with Gasteiger partial charge in [0.15, 0.2) is 12.5 Å². The number of halogens is 2. The maximum Gasteiger partial charge on any atom is 0.197 e. The number of benzene rings is 1. The van der Waals surface area contributed by atoms with Gasteiger partial charge >= 0.3 is 0 Å². The minimum atomic E-state index is 1.32. The molecular formula is C7H8F2OS. The van der Waals surface area contributed by atoms with Crippen molar-refractivity contribution >= 4 is 12.5 Å². The summed E-state index contributed by atoms with van der Waals surface area (Å²) in [5, 5.41) is 0. The van der Waals surface area contributed by atoms with Gasteiger partial charge < -0.3 is 0 Å². The van der Waals surface area contributed by atoms with Crippen molar-refractivity contribution in [3.63, 3.8) is 0 Å². The second-order valence-electron chi connectivity index (χ2n) is 1.65. The lowest BCUT2D eigenvalue weighted by molar-refractivity contribution is 0.108. The zero-order valence-corrected chi connectivity index (χ0v) is 6.78. The van der Waals surface area contributed by atoms with Crippen LogP contribution in [0, 0.1) is 6.92 Å². The number of hydrogen-bond donors (Lipinski definition) is 0. The molecule has 0 aliphatic rings. The molecule has 1 aromatic carbocycles. The summed E-state index contributed by atoms with van der Waals surface area (Å²) in [5.41, 5.74) is 1.32. The average molecular weight is 178 g/mol. The molecule has 1 aromatic rings. The van der Waals surface area contributed by atoms with Gasteiger partial charge in [-0.05, 0) is 6.92 Å². The molecule has 1 nitrogen and oxygen atoms in total. The Kier molecular flexibility index (Phi) is 13.7. The monoisotopic (exact) mass is 178 g/mol. The lowest BCUT2D eigenvalue weighted by atomic mass is 10.2. The van der Waals surface area contributed by atoms with Gasteiger partial charge in [0.2, 0.25) is 0 Å². The molecule has 0 aliphatic heterocycles. The van der Waals surface area contributed by atoms with Gasteiger partial charge in [-0.25, -0.2) is 0 Å². The van der Waals surface area contributed by atoms with E-state index in [1.807, 2.05) is 18.2 Å². The second-order valence-corrected chi connectivity index (χ2v) is 1.65. The van der Waals surface area contributed by atoms with Crippen LogP contribution in [-0.2, 0) is 12.5 Å². The van der Waals surface area contributed by atoms with Gasteiger partial charge in [-0.3, -0.25) is 0 Å². The number of rotatable bonds is 0. The zero-order valence-electron chi connectivity index (χ0n) is 5.96. The quantitative estimate of drug-likeness (QED) is 0.607. The SMILES string of the molecule is Cc1ccccc1.FF.O=S. The Morgan fingerprint density at radius 3 is 1.64 bits per heavy atom. The summed E-state index contributed by atoms with van der Waals surface area (Å²) >= 11 is 2.83. The molecule has 1 rings (SSSR count). The molecule has 0 aliphatic carbocycles. The highest BCUT2D eigenvalue weighted by molar-refractivity contribution is 7.44. The molecule has 62 valence electrons. The van der Waals surface area contributed by atoms with Gasteiger partial charge in [0.25, 0.3) is 0 Å². The molecule has 0 saturated heterocycles. The Morgan fingerprint density at radius 2 is 1.45 bits per heavy atom. The molecule has 0 fully saturated rings. The van der Waals surface area contributed by atoms with Gasteiger partial charge in [-0.15, -0.1) is 0 Å². The molecule has 0 unspecified atom stereocenters. The van der Waals surface area contributed by atoms with Crippen molar-refractivity contribution in [1.82, 2.24) is 0 Å². The van der Waals surface area contributed by atoms with Crippen LogP contribution in [0.15, 0.2) is 30.3 Å². The lowest BCUT2D eigenvalue weighted by Gasteiger charge is -1.82. The largest absolute Gasteiger partial charge is 0.197 e. The van der Waals surface area contributed by atoms with E-state index in [4.69, 9.17) is 13.4 Å². The highest BCUT2D eigenvalue weighted by atomic mass is 32.1. The topological polar surface area (TPSA) is 17.1 Å². The summed E-state index contributed by atoms with van der Waals surface area (Å²) < 4.78 is 23.8. The van der Waals surface area contributed by atoms with E-state index in [1.165, 1.54) is 5.56 Å². The summed E-state index contributed by atoms with van der Waals surface area (Å²) in [6.07, 6.45) is 0. The van der Waals surface area contributed by atoms with Crippen molar-refractivity contribution in [1.29, 1.82) is 0 Å². The molecule has 0 aromatic heterocycles. The zero-order chi connectivity index (χ0) is 9.11. The van der Waals surface area contributed by atoms with E-state index in [-0.39, 0.29) is 0 Å². The third-order valence-electron chi connectivity index (χ3n) is 0.940. The Bertz CT molecular complexity index is 158. The Balaban J connectivity index is 0. The molecule has 0 atom stereocenters. The third kappa shape index (κ3) is 9.10. The van der Waals surface area contributed by atoms with Gasteiger partial charge in [0.1, 0.15) is 0 Å². The molecule has 0 bridgehead atoms. The fraction of sp³-hybridized carbons (Fsp3) is 0.143. The minimum Gasteiger partial charge on any atom is -0.197 e. The molecule has 11 heavy (non-hydrogen) atoms. The van der Waals surface area contributed by atoms with Crippen LogP contribution in [0.1, 0.15) is 5.56 Å². The van der Waals surface area contributed by atoms with E-state index in [9.17, 15) is 0 Å². The summed E-state index contributed by atoms with van der Waals surface area (Å²) in [6.45, 7) is 2.08. The first-order valence-corrected chi connectivity index (χ1v) is 3.05. The second kappa shape index (κ2) is 11.8. The van der Waals surface area contributed by atoms with Gasteiger partial charge in [0.05, 0.1) is 0 Å². The van der Waals surface area contributed by atoms with Crippen molar-refractivity contribution < 1.29 is 13.4 Å². The van der Waals surface area contributed by atoms with Crippen LogP contribution >= 0.6 is 0 Å². The average Bonchev–Trinajstić information content (AvgIpc) is 2.13. The van der Waals surface area contributed by atoms with Crippen molar-refractivity contribution in [3.8, 4) is 0 Å². The van der Waals surface area contributed by atoms with Crippen LogP contribution in [0.3, 0.4) is 0 Å². The highest BCUT2D eigenvalue weighted by Gasteiger charge is 1.72. The lowest BCUT2D eigenvalue weighted by Crippen LogP contribution is -1.62. The van der Waals surface area contributed by atoms with E-state index in [2.05, 4.69) is 31.6 Å². The van der Waals surface area contributed by atoms with Crippen LogP contribution in [0.4, 0.5) is 9.15 Å². The van der Waals surface area contributed by atoms with E-state index in [0.717, 1.165) is 0 Å². The standard InChI is InChI=1S/C7H8.F2.OS/c1-7-5-3-2-4-6-7;2*1-2/h2-6H,1H3;;. The first-order chi connectivity index (χ1) is 5.39. The van der Waals surface area contributed by atoms with Crippen LogP contribution in [-0.4, -0.2) is 4.21 Å². The predicted molar refractivity (Wildman–Crippen MR) is 41.5 cm³/mol. The Hall–Kier alpha value is -0.900. The smallest absolute Gasteiger partial charge is 0.197 e. The van der Waals surface area contributed by atoms with E-state index >= 15 is 0 Å². The fourth-order valence-corrected chi connectivity index (χ4v) is 0.534. The predicted octanol–water partition coefficient (Wildman–Crippen LogP) is 2.50. The van der Waals surface area contributed by atoms with Gasteiger partial charge in [0, 0.05) is 9.15 Å². The fourth-order valence-electron chi connectivity index (χ4n) is 0.534. The van der Waals surface area contributed by atoms with Gasteiger partial charge in [-0.1, -0.05) is 35.9 Å². The molecule has 0 radical (unpaired) electrons. The molecule has 0 N–H and O–H groups in total. The summed E-state index contributed by atoms with van der Waals surface area (Å²) in [5.74, 6) is 0. The van der Waals surface area contributed by atoms with Crippen molar-refractivity contribution in [2.75, 3.05) is 0 Å². The molecule has 0 saturated carbocycles. The van der Waals surface area contributed by atoms with E-state index < -0.39 is 0 Å². The number of aryl methyl sites for hydroxylation is 1. The molecular weight excluding hydrogens is 170 g/mol. The van der Waals surface area contributed by atoms with Crippen LogP contribution in [0.25, 0.3) is 0 Å². The summed E-state index contributed by atoms with van der Waals surface area (Å²) in [7, 11) is 0. The number of hydrogen-bond acceptors (Lipinski definition) is 2. The highest BCUT2D eigenvalue weighted by Crippen LogP contribution is 1.92.